The summed E-state index contributed by atoms with van der Waals surface area (Å²) in [5.74, 6) is 0.103. The molecule has 0 aliphatic heterocycles. The van der Waals surface area contributed by atoms with E-state index < -0.39 is 5.97 Å². The Labute approximate surface area is 100 Å². The molecule has 1 aromatic heterocycles. The van der Waals surface area contributed by atoms with Gasteiger partial charge in [-0.05, 0) is 25.3 Å². The van der Waals surface area contributed by atoms with Crippen molar-refractivity contribution in [2.45, 2.75) is 19.3 Å². The van der Waals surface area contributed by atoms with Crippen LogP contribution in [0.15, 0.2) is 12.3 Å². The van der Waals surface area contributed by atoms with Crippen molar-refractivity contribution in [1.29, 1.82) is 0 Å². The fourth-order valence-corrected chi connectivity index (χ4v) is 1.28. The van der Waals surface area contributed by atoms with E-state index in [4.69, 9.17) is 5.11 Å². The predicted molar refractivity (Wildman–Crippen MR) is 62.8 cm³/mol. The number of unbranched alkanes of at least 4 members (excludes halogenated alkanes) is 2. The molecule has 0 saturated heterocycles. The Morgan fingerprint density at radius 2 is 2.29 bits per heavy atom. The summed E-state index contributed by atoms with van der Waals surface area (Å²) in [4.78, 5) is 19.0. The number of carbonyl (C=O) groups excluding carboxylic acids is 1. The molecule has 0 fully saturated rings. The third kappa shape index (κ3) is 4.78. The van der Waals surface area contributed by atoms with Crippen molar-refractivity contribution in [3.63, 3.8) is 0 Å². The number of hydrogen-bond acceptors (Lipinski definition) is 6. The number of carbonyl (C=O) groups is 1. The number of aromatic nitrogens is 2. The number of hydrogen-bond donors (Lipinski definition) is 2. The number of ether oxygens (including phenoxy) is 1. The van der Waals surface area contributed by atoms with Gasteiger partial charge < -0.3 is 15.2 Å². The number of methoxy groups -OCH3 is 1. The lowest BCUT2D eigenvalue weighted by atomic mass is 10.2. The van der Waals surface area contributed by atoms with Gasteiger partial charge in [-0.15, -0.1) is 0 Å². The molecule has 94 valence electrons. The summed E-state index contributed by atoms with van der Waals surface area (Å²) < 4.78 is 4.53. The first kappa shape index (κ1) is 13.4. The summed E-state index contributed by atoms with van der Waals surface area (Å²) in [6.45, 7) is 0.970. The molecule has 0 aromatic carbocycles. The highest BCUT2D eigenvalue weighted by Crippen LogP contribution is 2.04. The van der Waals surface area contributed by atoms with Gasteiger partial charge in [-0.1, -0.05) is 0 Å². The van der Waals surface area contributed by atoms with Crippen LogP contribution < -0.4 is 5.32 Å². The molecule has 0 aliphatic rings. The Balaban J connectivity index is 2.40. The van der Waals surface area contributed by atoms with Crippen molar-refractivity contribution in [2.24, 2.45) is 0 Å². The molecule has 0 radical (unpaired) electrons. The maximum atomic E-state index is 11.2. The van der Waals surface area contributed by atoms with Crippen molar-refractivity contribution in [2.75, 3.05) is 25.6 Å². The van der Waals surface area contributed by atoms with E-state index >= 15 is 0 Å². The van der Waals surface area contributed by atoms with Gasteiger partial charge in [0.1, 0.15) is 5.82 Å². The first-order valence-electron chi connectivity index (χ1n) is 5.54. The lowest BCUT2D eigenvalue weighted by molar-refractivity contribution is 0.0587. The lowest BCUT2D eigenvalue weighted by Crippen LogP contribution is -2.10. The molecular weight excluding hydrogens is 222 g/mol. The summed E-state index contributed by atoms with van der Waals surface area (Å²) in [6.07, 6.45) is 4.21. The van der Waals surface area contributed by atoms with Gasteiger partial charge in [0.2, 0.25) is 5.82 Å². The molecular formula is C11H17N3O3. The number of nitrogens with one attached hydrogen (secondary N) is 1. The topological polar surface area (TPSA) is 84.3 Å². The molecule has 2 N–H and O–H groups in total. The van der Waals surface area contributed by atoms with Gasteiger partial charge in [0.25, 0.3) is 0 Å². The molecule has 6 heteroatoms. The minimum absolute atomic E-state index is 0.0489. The Hall–Kier alpha value is -1.69. The third-order valence-electron chi connectivity index (χ3n) is 2.16. The molecule has 0 aliphatic carbocycles. The van der Waals surface area contributed by atoms with Crippen LogP contribution in [-0.2, 0) is 4.74 Å². The summed E-state index contributed by atoms with van der Waals surface area (Å²) in [5, 5.41) is 11.7. The second kappa shape index (κ2) is 7.56. The Morgan fingerprint density at radius 1 is 1.47 bits per heavy atom. The quantitative estimate of drug-likeness (QED) is 0.541. The maximum absolute atomic E-state index is 11.2. The lowest BCUT2D eigenvalue weighted by Gasteiger charge is -2.05. The highest BCUT2D eigenvalue weighted by atomic mass is 16.5. The van der Waals surface area contributed by atoms with Crippen LogP contribution in [0.2, 0.25) is 0 Å². The van der Waals surface area contributed by atoms with Gasteiger partial charge in [-0.25, -0.2) is 14.8 Å². The fourth-order valence-electron chi connectivity index (χ4n) is 1.28. The normalized spacial score (nSPS) is 10.0. The molecule has 0 amide bonds. The van der Waals surface area contributed by atoms with E-state index in [1.807, 2.05) is 0 Å². The van der Waals surface area contributed by atoms with E-state index in [0.717, 1.165) is 25.8 Å². The van der Waals surface area contributed by atoms with Gasteiger partial charge in [0, 0.05) is 19.3 Å². The molecule has 1 aromatic rings. The summed E-state index contributed by atoms with van der Waals surface area (Å²) in [7, 11) is 1.29. The minimum Gasteiger partial charge on any atom is -0.463 e. The second-order valence-corrected chi connectivity index (χ2v) is 3.47. The molecule has 1 heterocycles. The van der Waals surface area contributed by atoms with Crippen molar-refractivity contribution in [3.8, 4) is 0 Å². The van der Waals surface area contributed by atoms with E-state index in [9.17, 15) is 4.79 Å². The number of aliphatic hydroxyl groups is 1. The van der Waals surface area contributed by atoms with Gasteiger partial charge >= 0.3 is 5.97 Å². The average molecular weight is 239 g/mol. The first-order chi connectivity index (χ1) is 8.27. The van der Waals surface area contributed by atoms with Crippen molar-refractivity contribution in [3.05, 3.63) is 18.1 Å². The Morgan fingerprint density at radius 3 is 3.00 bits per heavy atom. The highest BCUT2D eigenvalue weighted by Gasteiger charge is 2.08. The average Bonchev–Trinajstić information content (AvgIpc) is 2.38. The molecule has 1 rings (SSSR count). The van der Waals surface area contributed by atoms with Crippen molar-refractivity contribution in [1.82, 2.24) is 9.97 Å². The van der Waals surface area contributed by atoms with Gasteiger partial charge in [-0.3, -0.25) is 0 Å². The maximum Gasteiger partial charge on any atom is 0.376 e. The Bertz CT molecular complexity index is 358. The van der Waals surface area contributed by atoms with Crippen molar-refractivity contribution >= 4 is 11.8 Å². The second-order valence-electron chi connectivity index (χ2n) is 3.47. The van der Waals surface area contributed by atoms with E-state index in [1.54, 1.807) is 6.07 Å². The van der Waals surface area contributed by atoms with Gasteiger partial charge in [0.15, 0.2) is 0 Å². The molecule has 6 nitrogen and oxygen atoms in total. The predicted octanol–water partition coefficient (Wildman–Crippen LogP) is 0.838. The number of nitrogens with zero attached hydrogens (tertiary/aromatic N) is 2. The molecule has 0 bridgehead atoms. The van der Waals surface area contributed by atoms with Crippen LogP contribution in [-0.4, -0.2) is 41.3 Å². The van der Waals surface area contributed by atoms with Gasteiger partial charge in [0.05, 0.1) is 7.11 Å². The van der Waals surface area contributed by atoms with Gasteiger partial charge in [-0.2, -0.15) is 0 Å². The molecule has 17 heavy (non-hydrogen) atoms. The minimum atomic E-state index is -0.547. The standard InChI is InChI=1S/C11H17N3O3/c1-17-11(16)10-13-7-5-9(14-10)12-6-3-2-4-8-15/h5,7,15H,2-4,6,8H2,1H3,(H,12,13,14). The molecule has 0 unspecified atom stereocenters. The van der Waals surface area contributed by atoms with E-state index in [2.05, 4.69) is 20.0 Å². The zero-order valence-electron chi connectivity index (χ0n) is 9.85. The largest absolute Gasteiger partial charge is 0.463 e. The smallest absolute Gasteiger partial charge is 0.376 e. The zero-order valence-corrected chi connectivity index (χ0v) is 9.85. The monoisotopic (exact) mass is 239 g/mol. The molecule has 0 saturated carbocycles. The zero-order chi connectivity index (χ0) is 12.5. The summed E-state index contributed by atoms with van der Waals surface area (Å²) in [6, 6.07) is 1.69. The van der Waals surface area contributed by atoms with E-state index in [0.29, 0.717) is 5.82 Å². The van der Waals surface area contributed by atoms with Crippen LogP contribution in [0, 0.1) is 0 Å². The van der Waals surface area contributed by atoms with Crippen LogP contribution in [0.1, 0.15) is 29.9 Å². The van der Waals surface area contributed by atoms with Crippen molar-refractivity contribution < 1.29 is 14.6 Å². The van der Waals surface area contributed by atoms with E-state index in [1.165, 1.54) is 13.3 Å². The fraction of sp³-hybridized carbons (Fsp3) is 0.545. The number of esters is 1. The van der Waals surface area contributed by atoms with Crippen LogP contribution in [0.5, 0.6) is 0 Å². The highest BCUT2D eigenvalue weighted by molar-refractivity contribution is 5.85. The van der Waals surface area contributed by atoms with Crippen LogP contribution >= 0.6 is 0 Å². The van der Waals surface area contributed by atoms with Crippen LogP contribution in [0.25, 0.3) is 0 Å². The summed E-state index contributed by atoms with van der Waals surface area (Å²) >= 11 is 0. The number of anilines is 1. The molecule has 0 atom stereocenters. The number of rotatable bonds is 7. The summed E-state index contributed by atoms with van der Waals surface area (Å²) in [5.41, 5.74) is 0. The number of aliphatic hydroxyl groups excluding tert-OH is 1. The van der Waals surface area contributed by atoms with Crippen LogP contribution in [0.3, 0.4) is 0 Å². The first-order valence-corrected chi connectivity index (χ1v) is 5.54. The van der Waals surface area contributed by atoms with Crippen LogP contribution in [0.4, 0.5) is 5.82 Å². The Kier molecular flexibility index (Phi) is 5.95. The third-order valence-corrected chi connectivity index (χ3v) is 2.16. The van der Waals surface area contributed by atoms with E-state index in [-0.39, 0.29) is 12.4 Å². The SMILES string of the molecule is COC(=O)c1nccc(NCCCCCO)n1. The molecule has 0 spiro atoms.